The van der Waals surface area contributed by atoms with Crippen LogP contribution in [0.15, 0.2) is 18.2 Å². The van der Waals surface area contributed by atoms with Gasteiger partial charge in [0.1, 0.15) is 0 Å². The minimum absolute atomic E-state index is 0. The summed E-state index contributed by atoms with van der Waals surface area (Å²) in [5.41, 5.74) is 6.81. The van der Waals surface area contributed by atoms with Crippen LogP contribution in [0, 0.1) is 11.8 Å². The first-order valence-electron chi connectivity index (χ1n) is 7.90. The zero-order valence-electron chi connectivity index (χ0n) is 14.6. The molecule has 0 aromatic heterocycles. The molecule has 5 nitrogen and oxygen atoms in total. The van der Waals surface area contributed by atoms with E-state index >= 15 is 0 Å². The van der Waals surface area contributed by atoms with E-state index in [1.54, 1.807) is 18.2 Å². The molecule has 1 aromatic carbocycles. The molecule has 2 amide bonds. The number of benzene rings is 1. The summed E-state index contributed by atoms with van der Waals surface area (Å²) in [5, 5.41) is 5.84. The molecule has 0 bridgehead atoms. The van der Waals surface area contributed by atoms with Gasteiger partial charge in [0.2, 0.25) is 5.91 Å². The average molecular weight is 376 g/mol. The Morgan fingerprint density at radius 2 is 1.88 bits per heavy atom. The lowest BCUT2D eigenvalue weighted by molar-refractivity contribution is -0.118. The SMILES string of the molecule is CCC(C)C(N)C(=O)Nc1ccc(C(=O)NCC(C)C)c(Cl)c1.Cl. The second kappa shape index (κ2) is 10.5. The number of carbonyl (C=O) groups excluding carboxylic acids is 2. The van der Waals surface area contributed by atoms with Crippen molar-refractivity contribution >= 4 is 41.5 Å². The van der Waals surface area contributed by atoms with Gasteiger partial charge in [-0.05, 0) is 30.0 Å². The Balaban J connectivity index is 0.00000529. The van der Waals surface area contributed by atoms with Gasteiger partial charge in [-0.2, -0.15) is 0 Å². The molecule has 0 aliphatic rings. The van der Waals surface area contributed by atoms with Gasteiger partial charge in [0.05, 0.1) is 16.6 Å². The van der Waals surface area contributed by atoms with Crippen molar-refractivity contribution in [2.45, 2.75) is 40.2 Å². The molecule has 2 atom stereocenters. The number of nitrogens with one attached hydrogen (secondary N) is 2. The molecule has 0 spiro atoms. The highest BCUT2D eigenvalue weighted by Crippen LogP contribution is 2.21. The number of hydrogen-bond donors (Lipinski definition) is 3. The van der Waals surface area contributed by atoms with Gasteiger partial charge in [0, 0.05) is 12.2 Å². The zero-order chi connectivity index (χ0) is 17.6. The van der Waals surface area contributed by atoms with E-state index in [2.05, 4.69) is 10.6 Å². The molecule has 4 N–H and O–H groups in total. The van der Waals surface area contributed by atoms with E-state index in [0.717, 1.165) is 6.42 Å². The van der Waals surface area contributed by atoms with Gasteiger partial charge >= 0.3 is 0 Å². The van der Waals surface area contributed by atoms with Gasteiger partial charge in [-0.3, -0.25) is 9.59 Å². The van der Waals surface area contributed by atoms with Crippen LogP contribution in [0.1, 0.15) is 44.5 Å². The number of hydrogen-bond acceptors (Lipinski definition) is 3. The van der Waals surface area contributed by atoms with Gasteiger partial charge in [-0.1, -0.05) is 45.7 Å². The van der Waals surface area contributed by atoms with Crippen LogP contribution in [0.5, 0.6) is 0 Å². The van der Waals surface area contributed by atoms with E-state index in [9.17, 15) is 9.59 Å². The highest BCUT2D eigenvalue weighted by atomic mass is 35.5. The second-order valence-corrected chi connectivity index (χ2v) is 6.61. The van der Waals surface area contributed by atoms with Gasteiger partial charge in [-0.25, -0.2) is 0 Å². The van der Waals surface area contributed by atoms with Gasteiger partial charge < -0.3 is 16.4 Å². The molecule has 0 aliphatic heterocycles. The fraction of sp³-hybridized carbons (Fsp3) is 0.529. The van der Waals surface area contributed by atoms with E-state index in [1.807, 2.05) is 27.7 Å². The molecule has 1 aromatic rings. The summed E-state index contributed by atoms with van der Waals surface area (Å²) in [7, 11) is 0. The molecule has 0 saturated carbocycles. The van der Waals surface area contributed by atoms with Crippen molar-refractivity contribution in [1.82, 2.24) is 5.32 Å². The number of nitrogens with two attached hydrogens (primary N) is 1. The lowest BCUT2D eigenvalue weighted by Crippen LogP contribution is -2.40. The van der Waals surface area contributed by atoms with E-state index < -0.39 is 6.04 Å². The van der Waals surface area contributed by atoms with Crippen LogP contribution in [0.3, 0.4) is 0 Å². The lowest BCUT2D eigenvalue weighted by Gasteiger charge is -2.18. The third kappa shape index (κ3) is 6.67. The lowest BCUT2D eigenvalue weighted by atomic mass is 9.99. The normalized spacial score (nSPS) is 13.0. The largest absolute Gasteiger partial charge is 0.352 e. The Morgan fingerprint density at radius 3 is 2.38 bits per heavy atom. The third-order valence-corrected chi connectivity index (χ3v) is 4.02. The van der Waals surface area contributed by atoms with Crippen LogP contribution in [-0.2, 0) is 4.79 Å². The van der Waals surface area contributed by atoms with Gasteiger partial charge in [-0.15, -0.1) is 12.4 Å². The number of carbonyl (C=O) groups is 2. The maximum Gasteiger partial charge on any atom is 0.252 e. The van der Waals surface area contributed by atoms with Crippen LogP contribution in [0.25, 0.3) is 0 Å². The monoisotopic (exact) mass is 375 g/mol. The fourth-order valence-corrected chi connectivity index (χ4v) is 2.17. The highest BCUT2D eigenvalue weighted by Gasteiger charge is 2.20. The highest BCUT2D eigenvalue weighted by molar-refractivity contribution is 6.34. The minimum Gasteiger partial charge on any atom is -0.352 e. The molecule has 0 heterocycles. The molecular weight excluding hydrogens is 349 g/mol. The second-order valence-electron chi connectivity index (χ2n) is 6.20. The maximum absolute atomic E-state index is 12.1. The Bertz CT molecular complexity index is 565. The molecule has 0 radical (unpaired) electrons. The number of rotatable bonds is 7. The summed E-state index contributed by atoms with van der Waals surface area (Å²) in [6.07, 6.45) is 0.824. The van der Waals surface area contributed by atoms with Gasteiger partial charge in [0.15, 0.2) is 0 Å². The van der Waals surface area contributed by atoms with Crippen molar-refractivity contribution < 1.29 is 9.59 Å². The van der Waals surface area contributed by atoms with E-state index in [1.165, 1.54) is 0 Å². The summed E-state index contributed by atoms with van der Waals surface area (Å²) < 4.78 is 0. The van der Waals surface area contributed by atoms with Crippen LogP contribution in [-0.4, -0.2) is 24.4 Å². The Morgan fingerprint density at radius 1 is 1.25 bits per heavy atom. The molecule has 7 heteroatoms. The zero-order valence-corrected chi connectivity index (χ0v) is 16.1. The van der Waals surface area contributed by atoms with Gasteiger partial charge in [0.25, 0.3) is 5.91 Å². The molecule has 1 rings (SSSR count). The Hall–Kier alpha value is -1.30. The first-order chi connectivity index (χ1) is 10.8. The van der Waals surface area contributed by atoms with Crippen molar-refractivity contribution in [3.8, 4) is 0 Å². The van der Waals surface area contributed by atoms with Crippen molar-refractivity contribution in [3.05, 3.63) is 28.8 Å². The fourth-order valence-electron chi connectivity index (χ4n) is 1.91. The topological polar surface area (TPSA) is 84.2 Å². The number of amides is 2. The van der Waals surface area contributed by atoms with Crippen LogP contribution in [0.2, 0.25) is 5.02 Å². The minimum atomic E-state index is -0.576. The number of halogens is 2. The quantitative estimate of drug-likeness (QED) is 0.681. The summed E-state index contributed by atoms with van der Waals surface area (Å²) >= 11 is 6.15. The van der Waals surface area contributed by atoms with Crippen molar-refractivity contribution in [3.63, 3.8) is 0 Å². The molecule has 0 aliphatic carbocycles. The molecule has 2 unspecified atom stereocenters. The van der Waals surface area contributed by atoms with Crippen molar-refractivity contribution in [2.75, 3.05) is 11.9 Å². The standard InChI is InChI=1S/C17H26ClN3O2.ClH/c1-5-11(4)15(19)17(23)21-12-6-7-13(14(18)8-12)16(22)20-9-10(2)3;/h6-8,10-11,15H,5,9,19H2,1-4H3,(H,20,22)(H,21,23);1H. The van der Waals surface area contributed by atoms with Crippen molar-refractivity contribution in [1.29, 1.82) is 0 Å². The molecule has 0 saturated heterocycles. The smallest absolute Gasteiger partial charge is 0.252 e. The van der Waals surface area contributed by atoms with Crippen LogP contribution in [0.4, 0.5) is 5.69 Å². The summed E-state index contributed by atoms with van der Waals surface area (Å²) in [6, 6.07) is 4.24. The van der Waals surface area contributed by atoms with E-state index in [4.69, 9.17) is 17.3 Å². The van der Waals surface area contributed by atoms with Crippen molar-refractivity contribution in [2.24, 2.45) is 17.6 Å². The first-order valence-corrected chi connectivity index (χ1v) is 8.28. The summed E-state index contributed by atoms with van der Waals surface area (Å²) in [6.45, 7) is 8.53. The summed E-state index contributed by atoms with van der Waals surface area (Å²) in [4.78, 5) is 24.1. The molecular formula is C17H27Cl2N3O2. The predicted molar refractivity (Wildman–Crippen MR) is 102 cm³/mol. The van der Waals surface area contributed by atoms with Crippen LogP contribution < -0.4 is 16.4 Å². The third-order valence-electron chi connectivity index (χ3n) is 3.71. The molecule has 0 fully saturated rings. The Kier molecular flexibility index (Phi) is 9.97. The van der Waals surface area contributed by atoms with E-state index in [0.29, 0.717) is 28.7 Å². The average Bonchev–Trinajstić information content (AvgIpc) is 2.51. The Labute approximate surface area is 155 Å². The number of anilines is 1. The summed E-state index contributed by atoms with van der Waals surface area (Å²) in [5.74, 6) is -0.0322. The first kappa shape index (κ1) is 22.7. The van der Waals surface area contributed by atoms with E-state index in [-0.39, 0.29) is 30.1 Å². The maximum atomic E-state index is 12.1. The molecule has 24 heavy (non-hydrogen) atoms. The molecule has 136 valence electrons. The predicted octanol–water partition coefficient (Wildman–Crippen LogP) is 3.46. The van der Waals surface area contributed by atoms with Crippen LogP contribution >= 0.6 is 24.0 Å².